The second kappa shape index (κ2) is 3.61. The van der Waals surface area contributed by atoms with E-state index in [0.29, 0.717) is 0 Å². The maximum atomic E-state index is 11.7. The number of carbonyl (C=O) groups is 1. The number of nitrogens with zero attached hydrogens (tertiary/aromatic N) is 2. The van der Waals surface area contributed by atoms with Crippen molar-refractivity contribution >= 4 is 5.91 Å². The Morgan fingerprint density at radius 1 is 1.33 bits per heavy atom. The van der Waals surface area contributed by atoms with E-state index in [4.69, 9.17) is 0 Å². The van der Waals surface area contributed by atoms with Gasteiger partial charge >= 0.3 is 0 Å². The number of aryl methyl sites for hydroxylation is 2. The van der Waals surface area contributed by atoms with Gasteiger partial charge in [-0.1, -0.05) is 0 Å². The third-order valence-electron chi connectivity index (χ3n) is 2.98. The summed E-state index contributed by atoms with van der Waals surface area (Å²) in [5.74, 6) is 0.183. The third kappa shape index (κ3) is 1.71. The van der Waals surface area contributed by atoms with E-state index in [1.807, 2.05) is 37.7 Å². The fourth-order valence-corrected chi connectivity index (χ4v) is 1.97. The van der Waals surface area contributed by atoms with Crippen LogP contribution in [0.15, 0.2) is 12.1 Å². The van der Waals surface area contributed by atoms with Gasteiger partial charge in [-0.05, 0) is 32.4 Å². The van der Waals surface area contributed by atoms with Gasteiger partial charge in [-0.2, -0.15) is 0 Å². The van der Waals surface area contributed by atoms with Crippen LogP contribution in [0.2, 0.25) is 0 Å². The van der Waals surface area contributed by atoms with E-state index in [1.54, 1.807) is 4.90 Å². The molecule has 0 bridgehead atoms. The molecule has 82 valence electrons. The first-order chi connectivity index (χ1) is 7.09. The molecule has 1 aliphatic rings. The lowest BCUT2D eigenvalue weighted by molar-refractivity contribution is -0.127. The summed E-state index contributed by atoms with van der Waals surface area (Å²) in [6.07, 6.45) is 0.881. The summed E-state index contributed by atoms with van der Waals surface area (Å²) in [7, 11) is 1.85. The number of nitrogens with one attached hydrogen (secondary N) is 1. The highest BCUT2D eigenvalue weighted by atomic mass is 16.2. The molecular weight excluding hydrogens is 190 g/mol. The summed E-state index contributed by atoms with van der Waals surface area (Å²) in [5, 5.41) is 0. The predicted octanol–water partition coefficient (Wildman–Crippen LogP) is 0.879. The number of aromatic nitrogens is 1. The lowest BCUT2D eigenvalue weighted by atomic mass is 10.3. The molecule has 1 N–H and O–H groups in total. The largest absolute Gasteiger partial charge is 0.344 e. The topological polar surface area (TPSA) is 37.3 Å². The lowest BCUT2D eigenvalue weighted by Gasteiger charge is -2.17. The van der Waals surface area contributed by atoms with Crippen LogP contribution >= 0.6 is 0 Å². The van der Waals surface area contributed by atoms with Crippen LogP contribution in [0.5, 0.6) is 0 Å². The number of hydrogen-bond donors (Lipinski definition) is 1. The molecular formula is C11H17N3O. The Bertz CT molecular complexity index is 364. The summed E-state index contributed by atoms with van der Waals surface area (Å²) in [6.45, 7) is 4.90. The van der Waals surface area contributed by atoms with Crippen molar-refractivity contribution in [2.75, 3.05) is 19.0 Å². The smallest absolute Gasteiger partial charge is 0.246 e. The van der Waals surface area contributed by atoms with Crippen molar-refractivity contribution in [1.82, 2.24) is 9.58 Å². The molecule has 0 radical (unpaired) electrons. The van der Waals surface area contributed by atoms with Gasteiger partial charge in [0.05, 0.1) is 0 Å². The zero-order chi connectivity index (χ0) is 11.0. The number of hydrogen-bond acceptors (Lipinski definition) is 2. The number of carbonyl (C=O) groups excluding carboxylic acids is 1. The van der Waals surface area contributed by atoms with Crippen LogP contribution in [0.25, 0.3) is 0 Å². The molecule has 1 aromatic heterocycles. The first-order valence-electron chi connectivity index (χ1n) is 5.26. The Labute approximate surface area is 89.8 Å². The fraction of sp³-hybridized carbons (Fsp3) is 0.545. The molecule has 15 heavy (non-hydrogen) atoms. The van der Waals surface area contributed by atoms with E-state index in [-0.39, 0.29) is 11.9 Å². The van der Waals surface area contributed by atoms with Gasteiger partial charge in [0.15, 0.2) is 0 Å². The van der Waals surface area contributed by atoms with Gasteiger partial charge in [-0.15, -0.1) is 0 Å². The second-order valence-electron chi connectivity index (χ2n) is 4.18. The van der Waals surface area contributed by atoms with Gasteiger partial charge in [0.1, 0.15) is 6.04 Å². The monoisotopic (exact) mass is 207 g/mol. The van der Waals surface area contributed by atoms with E-state index >= 15 is 0 Å². The molecule has 0 saturated carbocycles. The zero-order valence-corrected chi connectivity index (χ0v) is 9.45. The standard InChI is InChI=1S/C11H17N3O/c1-8-4-5-9(2)14(8)12-10-6-7-13(3)11(10)15/h4-5,10,12H,6-7H2,1-3H3. The molecule has 1 amide bonds. The van der Waals surface area contributed by atoms with Crippen molar-refractivity contribution < 1.29 is 4.79 Å². The van der Waals surface area contributed by atoms with Crippen molar-refractivity contribution in [1.29, 1.82) is 0 Å². The van der Waals surface area contributed by atoms with Crippen LogP contribution in [0, 0.1) is 13.8 Å². The van der Waals surface area contributed by atoms with Gasteiger partial charge in [0, 0.05) is 25.0 Å². The van der Waals surface area contributed by atoms with Crippen LogP contribution in [-0.4, -0.2) is 35.1 Å². The summed E-state index contributed by atoms with van der Waals surface area (Å²) >= 11 is 0. The van der Waals surface area contributed by atoms with Gasteiger partial charge < -0.3 is 10.3 Å². The highest BCUT2D eigenvalue weighted by Crippen LogP contribution is 2.12. The lowest BCUT2D eigenvalue weighted by Crippen LogP contribution is -2.36. The molecule has 0 aliphatic carbocycles. The molecule has 0 spiro atoms. The molecule has 1 atom stereocenters. The molecule has 2 rings (SSSR count). The molecule has 4 heteroatoms. The van der Waals surface area contributed by atoms with Gasteiger partial charge in [-0.3, -0.25) is 9.47 Å². The Balaban J connectivity index is 2.13. The summed E-state index contributed by atoms with van der Waals surface area (Å²) in [6, 6.07) is 4.02. The first kappa shape index (κ1) is 10.1. The Kier molecular flexibility index (Phi) is 2.42. The Morgan fingerprint density at radius 2 is 1.93 bits per heavy atom. The molecule has 1 saturated heterocycles. The van der Waals surface area contributed by atoms with Crippen LogP contribution in [0.1, 0.15) is 17.8 Å². The van der Waals surface area contributed by atoms with E-state index < -0.39 is 0 Å². The Morgan fingerprint density at radius 3 is 2.40 bits per heavy atom. The molecule has 1 aliphatic heterocycles. The van der Waals surface area contributed by atoms with Crippen molar-refractivity contribution in [3.63, 3.8) is 0 Å². The SMILES string of the molecule is Cc1ccc(C)n1NC1CCN(C)C1=O. The minimum Gasteiger partial charge on any atom is -0.344 e. The molecule has 1 aromatic rings. The number of likely N-dealkylation sites (N-methyl/N-ethyl adjacent to an activating group) is 1. The predicted molar refractivity (Wildman–Crippen MR) is 59.3 cm³/mol. The van der Waals surface area contributed by atoms with Crippen molar-refractivity contribution in [2.45, 2.75) is 26.3 Å². The van der Waals surface area contributed by atoms with Crippen LogP contribution < -0.4 is 5.43 Å². The minimum absolute atomic E-state index is 0.0696. The molecule has 1 unspecified atom stereocenters. The summed E-state index contributed by atoms with van der Waals surface area (Å²) < 4.78 is 1.99. The zero-order valence-electron chi connectivity index (χ0n) is 9.45. The number of rotatable bonds is 2. The van der Waals surface area contributed by atoms with Crippen LogP contribution in [-0.2, 0) is 4.79 Å². The maximum Gasteiger partial charge on any atom is 0.246 e. The third-order valence-corrected chi connectivity index (χ3v) is 2.98. The highest BCUT2D eigenvalue weighted by Gasteiger charge is 2.29. The van der Waals surface area contributed by atoms with Crippen molar-refractivity contribution in [3.05, 3.63) is 23.5 Å². The molecule has 0 aromatic carbocycles. The first-order valence-corrected chi connectivity index (χ1v) is 5.26. The average Bonchev–Trinajstić information content (AvgIpc) is 2.68. The molecule has 2 heterocycles. The fourth-order valence-electron chi connectivity index (χ4n) is 1.97. The summed E-state index contributed by atoms with van der Waals surface area (Å²) in [5.41, 5.74) is 5.53. The van der Waals surface area contributed by atoms with E-state index in [1.165, 1.54) is 0 Å². The highest BCUT2D eigenvalue weighted by molar-refractivity contribution is 5.84. The van der Waals surface area contributed by atoms with Gasteiger partial charge in [-0.25, -0.2) is 0 Å². The normalized spacial score (nSPS) is 21.1. The average molecular weight is 207 g/mol. The van der Waals surface area contributed by atoms with Crippen LogP contribution in [0.4, 0.5) is 0 Å². The Hall–Kier alpha value is -1.45. The summed E-state index contributed by atoms with van der Waals surface area (Å²) in [4.78, 5) is 13.5. The van der Waals surface area contributed by atoms with Crippen molar-refractivity contribution in [2.24, 2.45) is 0 Å². The molecule has 1 fully saturated rings. The van der Waals surface area contributed by atoms with E-state index in [0.717, 1.165) is 24.4 Å². The van der Waals surface area contributed by atoms with Crippen molar-refractivity contribution in [3.8, 4) is 0 Å². The molecule has 4 nitrogen and oxygen atoms in total. The number of likely N-dealkylation sites (tertiary alicyclic amines) is 1. The van der Waals surface area contributed by atoms with E-state index in [2.05, 4.69) is 5.43 Å². The maximum absolute atomic E-state index is 11.7. The van der Waals surface area contributed by atoms with Gasteiger partial charge in [0.25, 0.3) is 0 Å². The quantitative estimate of drug-likeness (QED) is 0.781. The second-order valence-corrected chi connectivity index (χ2v) is 4.18. The minimum atomic E-state index is -0.0696. The van der Waals surface area contributed by atoms with E-state index in [9.17, 15) is 4.79 Å². The van der Waals surface area contributed by atoms with Crippen LogP contribution in [0.3, 0.4) is 0 Å². The van der Waals surface area contributed by atoms with Gasteiger partial charge in [0.2, 0.25) is 5.91 Å². The number of amides is 1.